The van der Waals surface area contributed by atoms with E-state index >= 15 is 0 Å². The largest absolute Gasteiger partial charge is 0.480 e. The highest BCUT2D eigenvalue weighted by Gasteiger charge is 2.28. The molecule has 0 saturated carbocycles. The number of aliphatic carboxylic acids is 1. The number of carboxylic acid groups (broad SMARTS) is 1. The van der Waals surface area contributed by atoms with Crippen LogP contribution in [0.15, 0.2) is 54.6 Å². The van der Waals surface area contributed by atoms with Gasteiger partial charge in [-0.15, -0.1) is 0 Å². The van der Waals surface area contributed by atoms with Gasteiger partial charge in [-0.3, -0.25) is 14.4 Å². The zero-order chi connectivity index (χ0) is 22.8. The van der Waals surface area contributed by atoms with E-state index in [1.165, 1.54) is 31.2 Å². The van der Waals surface area contributed by atoms with Gasteiger partial charge >= 0.3 is 11.9 Å². The van der Waals surface area contributed by atoms with Crippen LogP contribution < -0.4 is 10.6 Å². The van der Waals surface area contributed by atoms with Crippen LogP contribution in [-0.2, 0) is 36.9 Å². The van der Waals surface area contributed by atoms with Crippen molar-refractivity contribution in [3.63, 3.8) is 0 Å². The Hall–Kier alpha value is -3.75. The highest BCUT2D eigenvalue weighted by Crippen LogP contribution is 2.08. The molecule has 164 valence electrons. The summed E-state index contributed by atoms with van der Waals surface area (Å²) in [6.07, 6.45) is -0.576. The zero-order valence-corrected chi connectivity index (χ0v) is 16.8. The van der Waals surface area contributed by atoms with Gasteiger partial charge in [0.1, 0.15) is 24.5 Å². The van der Waals surface area contributed by atoms with E-state index in [-0.39, 0.29) is 13.0 Å². The fraction of sp³-hybridized carbons (Fsp3) is 0.273. The first-order valence-corrected chi connectivity index (χ1v) is 9.49. The molecule has 0 heterocycles. The smallest absolute Gasteiger partial charge is 0.326 e. The third kappa shape index (κ3) is 8.25. The summed E-state index contributed by atoms with van der Waals surface area (Å²) in [5, 5.41) is 14.1. The molecule has 3 N–H and O–H groups in total. The monoisotopic (exact) mass is 430 g/mol. The number of esters is 1. The van der Waals surface area contributed by atoms with Crippen molar-refractivity contribution in [2.24, 2.45) is 0 Å². The Morgan fingerprint density at radius 2 is 1.58 bits per heavy atom. The minimum absolute atomic E-state index is 0.0104. The Kier molecular flexibility index (Phi) is 8.68. The van der Waals surface area contributed by atoms with E-state index in [9.17, 15) is 28.7 Å². The quantitative estimate of drug-likeness (QED) is 0.492. The number of carbonyl (C=O) groups is 4. The summed E-state index contributed by atoms with van der Waals surface area (Å²) in [6.45, 7) is 1.18. The van der Waals surface area contributed by atoms with Crippen molar-refractivity contribution in [3.8, 4) is 0 Å². The summed E-state index contributed by atoms with van der Waals surface area (Å²) in [5.41, 5.74) is 1.29. The maximum atomic E-state index is 13.1. The number of hydrogen-bond acceptors (Lipinski definition) is 5. The number of amides is 2. The van der Waals surface area contributed by atoms with E-state index in [4.69, 9.17) is 4.74 Å². The lowest BCUT2D eigenvalue weighted by atomic mass is 10.0. The minimum atomic E-state index is -1.54. The lowest BCUT2D eigenvalue weighted by molar-refractivity contribution is -0.151. The fourth-order valence-corrected chi connectivity index (χ4v) is 2.75. The number of carboxylic acids is 1. The maximum absolute atomic E-state index is 13.1. The van der Waals surface area contributed by atoms with Crippen molar-refractivity contribution in [2.75, 3.05) is 0 Å². The first kappa shape index (κ1) is 23.5. The van der Waals surface area contributed by atoms with E-state index in [1.807, 2.05) is 0 Å². The predicted molar refractivity (Wildman–Crippen MR) is 108 cm³/mol. The molecule has 0 radical (unpaired) electrons. The van der Waals surface area contributed by atoms with Gasteiger partial charge in [-0.2, -0.15) is 0 Å². The molecule has 2 atom stereocenters. The molecular weight excluding hydrogens is 407 g/mol. The molecule has 0 saturated heterocycles. The Balaban J connectivity index is 1.99. The van der Waals surface area contributed by atoms with Gasteiger partial charge in [0.2, 0.25) is 11.8 Å². The molecule has 8 nitrogen and oxygen atoms in total. The molecule has 2 aromatic carbocycles. The van der Waals surface area contributed by atoms with Crippen molar-refractivity contribution < 1.29 is 33.4 Å². The van der Waals surface area contributed by atoms with Crippen molar-refractivity contribution in [1.29, 1.82) is 0 Å². The van der Waals surface area contributed by atoms with Crippen LogP contribution in [0.1, 0.15) is 24.5 Å². The second-order valence-electron chi connectivity index (χ2n) is 6.83. The summed E-state index contributed by atoms with van der Waals surface area (Å²) in [4.78, 5) is 47.7. The number of benzene rings is 2. The molecular formula is C22H23FN2O6. The summed E-state index contributed by atoms with van der Waals surface area (Å²) in [7, 11) is 0. The van der Waals surface area contributed by atoms with E-state index in [2.05, 4.69) is 10.6 Å². The molecule has 0 aliphatic carbocycles. The van der Waals surface area contributed by atoms with Crippen molar-refractivity contribution >= 4 is 23.8 Å². The van der Waals surface area contributed by atoms with Gasteiger partial charge in [0, 0.05) is 13.3 Å². The van der Waals surface area contributed by atoms with Gasteiger partial charge in [-0.1, -0.05) is 42.5 Å². The van der Waals surface area contributed by atoms with Gasteiger partial charge in [0.25, 0.3) is 0 Å². The Labute approximate surface area is 178 Å². The van der Waals surface area contributed by atoms with E-state index in [0.717, 1.165) is 5.56 Å². The maximum Gasteiger partial charge on any atom is 0.326 e. The average molecular weight is 430 g/mol. The topological polar surface area (TPSA) is 122 Å². The first-order valence-electron chi connectivity index (χ1n) is 9.49. The Bertz CT molecular complexity index is 917. The molecule has 2 amide bonds. The number of halogens is 1. The average Bonchev–Trinajstić information content (AvgIpc) is 2.73. The van der Waals surface area contributed by atoms with Gasteiger partial charge < -0.3 is 20.5 Å². The summed E-state index contributed by atoms with van der Waals surface area (Å²) in [5.74, 6) is -3.97. The molecule has 9 heteroatoms. The molecule has 2 aromatic rings. The number of ether oxygens (including phenoxy) is 1. The predicted octanol–water partition coefficient (Wildman–Crippen LogP) is 1.58. The highest BCUT2D eigenvalue weighted by molar-refractivity contribution is 5.91. The van der Waals surface area contributed by atoms with Crippen LogP contribution in [0, 0.1) is 5.82 Å². The molecule has 0 bridgehead atoms. The molecule has 0 aliphatic rings. The molecule has 0 aliphatic heterocycles. The van der Waals surface area contributed by atoms with Crippen LogP contribution in [0.2, 0.25) is 0 Å². The Morgan fingerprint density at radius 3 is 2.16 bits per heavy atom. The van der Waals surface area contributed by atoms with Gasteiger partial charge in [-0.25, -0.2) is 9.18 Å². The number of hydrogen-bond donors (Lipinski definition) is 3. The molecule has 31 heavy (non-hydrogen) atoms. The van der Waals surface area contributed by atoms with Crippen molar-refractivity contribution in [1.82, 2.24) is 10.6 Å². The van der Waals surface area contributed by atoms with Crippen LogP contribution in [-0.4, -0.2) is 40.9 Å². The SMILES string of the molecule is CC(=O)N[C@@H](Cc1ccc(F)cc1)C(=O)N[C@H](CC(=O)OCc1ccccc1)C(=O)O. The third-order valence-electron chi connectivity index (χ3n) is 4.28. The second kappa shape index (κ2) is 11.4. The molecule has 0 spiro atoms. The number of carbonyl (C=O) groups excluding carboxylic acids is 3. The van der Waals surface area contributed by atoms with Crippen molar-refractivity contribution in [2.45, 2.75) is 38.5 Å². The minimum Gasteiger partial charge on any atom is -0.480 e. The van der Waals surface area contributed by atoms with Crippen LogP contribution in [0.3, 0.4) is 0 Å². The van der Waals surface area contributed by atoms with Gasteiger partial charge in [0.15, 0.2) is 0 Å². The van der Waals surface area contributed by atoms with Crippen LogP contribution in [0.25, 0.3) is 0 Å². The van der Waals surface area contributed by atoms with Crippen molar-refractivity contribution in [3.05, 3.63) is 71.5 Å². The van der Waals surface area contributed by atoms with E-state index < -0.39 is 48.1 Å². The summed E-state index contributed by atoms with van der Waals surface area (Å²) in [6, 6.07) is 11.5. The van der Waals surface area contributed by atoms with E-state index in [0.29, 0.717) is 5.56 Å². The Morgan fingerprint density at radius 1 is 0.935 bits per heavy atom. The van der Waals surface area contributed by atoms with Crippen LogP contribution >= 0.6 is 0 Å². The summed E-state index contributed by atoms with van der Waals surface area (Å²) >= 11 is 0. The standard InChI is InChI=1S/C22H23FN2O6/c1-14(26)24-18(11-15-7-9-17(23)10-8-15)21(28)25-19(22(29)30)12-20(27)31-13-16-5-3-2-4-6-16/h2-10,18-19H,11-13H2,1H3,(H,24,26)(H,25,28)(H,29,30)/t18-,19+/m0/s1. The number of nitrogens with one attached hydrogen (secondary N) is 2. The normalized spacial score (nSPS) is 12.3. The van der Waals surface area contributed by atoms with E-state index in [1.54, 1.807) is 30.3 Å². The first-order chi connectivity index (χ1) is 14.7. The lowest BCUT2D eigenvalue weighted by Gasteiger charge is -2.21. The number of rotatable bonds is 10. The lowest BCUT2D eigenvalue weighted by Crippen LogP contribution is -2.52. The fourth-order valence-electron chi connectivity index (χ4n) is 2.75. The van der Waals surface area contributed by atoms with Crippen LogP contribution in [0.5, 0.6) is 0 Å². The molecule has 0 fully saturated rings. The zero-order valence-electron chi connectivity index (χ0n) is 16.8. The molecule has 0 aromatic heterocycles. The molecule has 2 rings (SSSR count). The second-order valence-corrected chi connectivity index (χ2v) is 6.83. The highest BCUT2D eigenvalue weighted by atomic mass is 19.1. The van der Waals surface area contributed by atoms with Crippen LogP contribution in [0.4, 0.5) is 4.39 Å². The van der Waals surface area contributed by atoms with Gasteiger partial charge in [0.05, 0.1) is 6.42 Å². The third-order valence-corrected chi connectivity index (χ3v) is 4.28. The van der Waals surface area contributed by atoms with Gasteiger partial charge in [-0.05, 0) is 23.3 Å². The summed E-state index contributed by atoms with van der Waals surface area (Å²) < 4.78 is 18.2. The molecule has 0 unspecified atom stereocenters.